The summed E-state index contributed by atoms with van der Waals surface area (Å²) in [4.78, 5) is 20.1. The van der Waals surface area contributed by atoms with E-state index in [1.54, 1.807) is 38.1 Å². The Kier molecular flexibility index (Phi) is 14.2. The third-order valence-corrected chi connectivity index (χ3v) is 2.50. The molecule has 0 heterocycles. The Labute approximate surface area is 127 Å². The van der Waals surface area contributed by atoms with Crippen LogP contribution in [0.1, 0.15) is 44.6 Å². The second-order valence-electron chi connectivity index (χ2n) is 4.27. The van der Waals surface area contributed by atoms with Crippen molar-refractivity contribution in [3.8, 4) is 0 Å². The minimum absolute atomic E-state index is 0. The molecule has 0 aromatic heterocycles. The molecule has 1 aromatic rings. The first-order chi connectivity index (χ1) is 9.01. The molecule has 0 saturated heterocycles. The quantitative estimate of drug-likeness (QED) is 0.787. The van der Waals surface area contributed by atoms with E-state index in [2.05, 4.69) is 0 Å². The first-order valence-electron chi connectivity index (χ1n) is 5.79. The molecule has 0 amide bonds. The number of carbonyl (C=O) groups is 2. The number of aliphatic hydroxyl groups is 2. The van der Waals surface area contributed by atoms with Crippen LogP contribution in [-0.4, -0.2) is 41.6 Å². The van der Waals surface area contributed by atoms with Crippen LogP contribution in [0.2, 0.25) is 0 Å². The lowest BCUT2D eigenvalue weighted by atomic mass is 9.96. The van der Waals surface area contributed by atoms with Crippen LogP contribution in [0.25, 0.3) is 0 Å². The van der Waals surface area contributed by atoms with Gasteiger partial charge in [-0.15, -0.1) is 0 Å². The van der Waals surface area contributed by atoms with Crippen LogP contribution in [0.15, 0.2) is 24.3 Å². The van der Waals surface area contributed by atoms with E-state index in [9.17, 15) is 4.79 Å². The predicted molar refractivity (Wildman–Crippen MR) is 84.4 cm³/mol. The van der Waals surface area contributed by atoms with Crippen LogP contribution < -0.4 is 0 Å². The second-order valence-corrected chi connectivity index (χ2v) is 4.27. The Balaban J connectivity index is -0.000000774. The summed E-state index contributed by atoms with van der Waals surface area (Å²) in [6, 6.07) is 6.74. The lowest BCUT2D eigenvalue weighted by Crippen LogP contribution is -2.36. The monoisotopic (exact) mass is 300 g/mol. The molecule has 122 valence electrons. The minimum Gasteiger partial charge on any atom is -0.394 e. The van der Waals surface area contributed by atoms with Crippen molar-refractivity contribution in [1.29, 1.82) is 0 Å². The zero-order valence-corrected chi connectivity index (χ0v) is 11.3. The van der Waals surface area contributed by atoms with Crippen LogP contribution in [0.4, 0.5) is 0 Å². The number of benzene rings is 1. The number of rotatable bonds is 6. The Hall–Kier alpha value is -1.56. The first-order valence-corrected chi connectivity index (χ1v) is 5.79. The van der Waals surface area contributed by atoms with Crippen molar-refractivity contribution in [2.45, 2.75) is 40.9 Å². The summed E-state index contributed by atoms with van der Waals surface area (Å²) in [7, 11) is 0. The van der Waals surface area contributed by atoms with Crippen molar-refractivity contribution in [1.82, 2.24) is 0 Å². The molecule has 0 aliphatic rings. The molecule has 21 heavy (non-hydrogen) atoms. The summed E-state index contributed by atoms with van der Waals surface area (Å²) >= 11 is 0. The zero-order chi connectivity index (χ0) is 14.9. The molecule has 1 aromatic carbocycles. The number of Topliss-reactive ketones (excluding diaryl/α,β-unsaturated/α-hetero) is 1. The fourth-order valence-corrected chi connectivity index (χ4v) is 1.48. The maximum Gasteiger partial charge on any atom is 0.194 e. The van der Waals surface area contributed by atoms with Gasteiger partial charge in [-0.3, -0.25) is 4.79 Å². The van der Waals surface area contributed by atoms with Crippen molar-refractivity contribution in [3.05, 3.63) is 35.4 Å². The molecule has 0 aliphatic heterocycles. The van der Waals surface area contributed by atoms with Gasteiger partial charge in [0.2, 0.25) is 0 Å². The predicted octanol–water partition coefficient (Wildman–Crippen LogP) is 2.24. The van der Waals surface area contributed by atoms with E-state index < -0.39 is 5.60 Å². The number of hydrogen-bond donors (Lipinski definition) is 2. The van der Waals surface area contributed by atoms with E-state index in [1.165, 1.54) is 0 Å². The summed E-state index contributed by atoms with van der Waals surface area (Å²) in [5.41, 5.74) is 0.337. The van der Waals surface area contributed by atoms with Crippen molar-refractivity contribution in [3.63, 3.8) is 0 Å². The fraction of sp³-hybridized carbons (Fsp3) is 0.500. The van der Waals surface area contributed by atoms with E-state index in [-0.39, 0.29) is 40.5 Å². The SMILES string of the molecule is C.C.C=O.CC(C)(OCCO)C(=O)c1ccc(CO)cc1. The normalized spacial score (nSPS) is 9.52. The molecule has 0 bridgehead atoms. The molecule has 0 unspecified atom stereocenters. The molecule has 0 radical (unpaired) electrons. The molecule has 0 aliphatic carbocycles. The highest BCUT2D eigenvalue weighted by atomic mass is 16.5. The van der Waals surface area contributed by atoms with Gasteiger partial charge in [-0.1, -0.05) is 39.1 Å². The van der Waals surface area contributed by atoms with Gasteiger partial charge in [0, 0.05) is 5.56 Å². The lowest BCUT2D eigenvalue weighted by Gasteiger charge is -2.23. The Morgan fingerprint density at radius 1 is 1.14 bits per heavy atom. The summed E-state index contributed by atoms with van der Waals surface area (Å²) < 4.78 is 5.30. The molecule has 0 atom stereocenters. The summed E-state index contributed by atoms with van der Waals surface area (Å²) in [6.45, 7) is 5.32. The highest BCUT2D eigenvalue weighted by Crippen LogP contribution is 2.17. The average molecular weight is 300 g/mol. The highest BCUT2D eigenvalue weighted by Gasteiger charge is 2.29. The summed E-state index contributed by atoms with van der Waals surface area (Å²) in [6.07, 6.45) is 0. The minimum atomic E-state index is -0.955. The summed E-state index contributed by atoms with van der Waals surface area (Å²) in [5.74, 6) is -0.143. The van der Waals surface area contributed by atoms with Gasteiger partial charge >= 0.3 is 0 Å². The van der Waals surface area contributed by atoms with E-state index in [0.29, 0.717) is 5.56 Å². The Morgan fingerprint density at radius 2 is 1.62 bits per heavy atom. The van der Waals surface area contributed by atoms with Gasteiger partial charge < -0.3 is 19.7 Å². The van der Waals surface area contributed by atoms with Crippen LogP contribution in [0.3, 0.4) is 0 Å². The van der Waals surface area contributed by atoms with Crippen LogP contribution in [0, 0.1) is 0 Å². The number of ether oxygens (including phenoxy) is 1. The average Bonchev–Trinajstić information content (AvgIpc) is 2.46. The van der Waals surface area contributed by atoms with Crippen LogP contribution in [-0.2, 0) is 16.1 Å². The van der Waals surface area contributed by atoms with Gasteiger partial charge in [0.1, 0.15) is 12.4 Å². The fourth-order valence-electron chi connectivity index (χ4n) is 1.48. The van der Waals surface area contributed by atoms with Crippen molar-refractivity contribution >= 4 is 12.6 Å². The van der Waals surface area contributed by atoms with Gasteiger partial charge in [-0.05, 0) is 19.4 Å². The zero-order valence-electron chi connectivity index (χ0n) is 11.3. The molecule has 1 rings (SSSR count). The maximum absolute atomic E-state index is 12.1. The van der Waals surface area contributed by atoms with Gasteiger partial charge in [0.05, 0.1) is 19.8 Å². The van der Waals surface area contributed by atoms with Gasteiger partial charge in [-0.25, -0.2) is 0 Å². The standard InChI is InChI=1S/C13H18O4.CH2O.2CH4/c1-13(2,17-8-7-14)12(16)11-5-3-10(9-15)4-6-11;1-2;;/h3-6,14-15H,7-9H2,1-2H3;1H2;2*1H4. The molecule has 5 heteroatoms. The smallest absolute Gasteiger partial charge is 0.194 e. The van der Waals surface area contributed by atoms with E-state index in [1.807, 2.05) is 6.79 Å². The third kappa shape index (κ3) is 7.70. The van der Waals surface area contributed by atoms with Crippen molar-refractivity contribution in [2.75, 3.05) is 13.2 Å². The maximum atomic E-state index is 12.1. The topological polar surface area (TPSA) is 83.8 Å². The van der Waals surface area contributed by atoms with Gasteiger partial charge in [0.25, 0.3) is 0 Å². The summed E-state index contributed by atoms with van der Waals surface area (Å²) in [5, 5.41) is 17.6. The molecule has 0 fully saturated rings. The first kappa shape index (κ1) is 24.5. The molecular formula is C16H28O5. The van der Waals surface area contributed by atoms with E-state index in [4.69, 9.17) is 19.7 Å². The highest BCUT2D eigenvalue weighted by molar-refractivity contribution is 6.01. The molecule has 0 saturated carbocycles. The second kappa shape index (κ2) is 12.2. The molecular weight excluding hydrogens is 272 g/mol. The van der Waals surface area contributed by atoms with Crippen LogP contribution >= 0.6 is 0 Å². The molecule has 2 N–H and O–H groups in total. The van der Waals surface area contributed by atoms with Crippen molar-refractivity contribution < 1.29 is 24.5 Å². The number of aliphatic hydroxyl groups excluding tert-OH is 2. The van der Waals surface area contributed by atoms with Crippen LogP contribution in [0.5, 0.6) is 0 Å². The van der Waals surface area contributed by atoms with Gasteiger partial charge in [-0.2, -0.15) is 0 Å². The molecule has 5 nitrogen and oxygen atoms in total. The Bertz CT molecular complexity index is 384. The van der Waals surface area contributed by atoms with Crippen molar-refractivity contribution in [2.24, 2.45) is 0 Å². The third-order valence-electron chi connectivity index (χ3n) is 2.50. The number of hydrogen-bond acceptors (Lipinski definition) is 5. The number of ketones is 1. The largest absolute Gasteiger partial charge is 0.394 e. The number of carbonyl (C=O) groups excluding carboxylic acids is 2. The van der Waals surface area contributed by atoms with E-state index >= 15 is 0 Å². The lowest BCUT2D eigenvalue weighted by molar-refractivity contribution is -0.0980. The molecule has 0 spiro atoms. The Morgan fingerprint density at radius 3 is 2.00 bits per heavy atom. The van der Waals surface area contributed by atoms with Gasteiger partial charge in [0.15, 0.2) is 5.78 Å². The van der Waals surface area contributed by atoms with E-state index in [0.717, 1.165) is 5.56 Å².